The normalized spacial score (nSPS) is 16.0. The average Bonchev–Trinajstić information content (AvgIpc) is 2.07. The largest absolute Gasteiger partial charge is 0.289 e. The first-order valence-electron chi connectivity index (χ1n) is 3.51. The molecule has 0 fully saturated rings. The van der Waals surface area contributed by atoms with Gasteiger partial charge in [-0.2, -0.15) is 0 Å². The monoisotopic (exact) mass is 177 g/mol. The van der Waals surface area contributed by atoms with Crippen LogP contribution in [0.4, 0.5) is 0 Å². The molecule has 2 nitrogen and oxygen atoms in total. The standard InChI is InChI=1S/C9H5O2S/c10-7-5-6-3-1-2-4-8(6)12-9(7)11/h1,3-4H,5H2. The molecule has 0 aromatic heterocycles. The maximum Gasteiger partial charge on any atom is 0.260 e. The lowest BCUT2D eigenvalue weighted by Crippen LogP contribution is -2.17. The summed E-state index contributed by atoms with van der Waals surface area (Å²) in [6, 6.07) is 8.19. The number of Topliss-reactive ketones (excluding diaryl/α,β-unsaturated/α-hetero) is 1. The number of thioether (sulfide) groups is 1. The van der Waals surface area contributed by atoms with Crippen LogP contribution >= 0.6 is 11.8 Å². The summed E-state index contributed by atoms with van der Waals surface area (Å²) in [6.45, 7) is 0. The molecule has 0 unspecified atom stereocenters. The highest BCUT2D eigenvalue weighted by molar-refractivity contribution is 8.15. The second-order valence-corrected chi connectivity index (χ2v) is 3.54. The third-order valence-corrected chi connectivity index (χ3v) is 2.71. The minimum atomic E-state index is -0.359. The van der Waals surface area contributed by atoms with Crippen LogP contribution in [0.2, 0.25) is 0 Å². The molecule has 1 aromatic rings. The van der Waals surface area contributed by atoms with Gasteiger partial charge in [0.2, 0.25) is 5.78 Å². The van der Waals surface area contributed by atoms with Crippen LogP contribution in [0, 0.1) is 6.07 Å². The summed E-state index contributed by atoms with van der Waals surface area (Å²) in [5.74, 6) is -0.307. The predicted octanol–water partition coefficient (Wildman–Crippen LogP) is 1.23. The Kier molecular flexibility index (Phi) is 1.73. The van der Waals surface area contributed by atoms with Gasteiger partial charge in [-0.05, 0) is 29.5 Å². The smallest absolute Gasteiger partial charge is 0.260 e. The van der Waals surface area contributed by atoms with E-state index in [0.29, 0.717) is 0 Å². The SMILES string of the molecule is O=C1Cc2cc[c]cc2SC1=O. The Hall–Kier alpha value is -1.09. The lowest BCUT2D eigenvalue weighted by Gasteiger charge is -2.11. The van der Waals surface area contributed by atoms with Gasteiger partial charge in [-0.3, -0.25) is 9.59 Å². The molecule has 59 valence electrons. The second-order valence-electron chi connectivity index (χ2n) is 2.52. The minimum absolute atomic E-state index is 0.246. The maximum atomic E-state index is 11.0. The molecule has 3 heteroatoms. The van der Waals surface area contributed by atoms with E-state index in [1.165, 1.54) is 0 Å². The van der Waals surface area contributed by atoms with Crippen molar-refractivity contribution in [3.8, 4) is 0 Å². The van der Waals surface area contributed by atoms with Crippen molar-refractivity contribution in [2.45, 2.75) is 11.3 Å². The van der Waals surface area contributed by atoms with Crippen LogP contribution in [0.15, 0.2) is 23.1 Å². The van der Waals surface area contributed by atoms with E-state index in [2.05, 4.69) is 6.07 Å². The number of ketones is 1. The van der Waals surface area contributed by atoms with E-state index in [9.17, 15) is 9.59 Å². The van der Waals surface area contributed by atoms with Crippen LogP contribution in [-0.2, 0) is 16.0 Å². The lowest BCUT2D eigenvalue weighted by molar-refractivity contribution is -0.131. The summed E-state index contributed by atoms with van der Waals surface area (Å²) in [4.78, 5) is 22.8. The zero-order chi connectivity index (χ0) is 8.55. The molecule has 0 spiro atoms. The lowest BCUT2D eigenvalue weighted by atomic mass is 10.1. The van der Waals surface area contributed by atoms with Crippen LogP contribution in [0.1, 0.15) is 5.56 Å². The third-order valence-electron chi connectivity index (χ3n) is 1.69. The zero-order valence-electron chi connectivity index (χ0n) is 6.16. The Morgan fingerprint density at radius 3 is 3.08 bits per heavy atom. The van der Waals surface area contributed by atoms with Crippen molar-refractivity contribution in [1.82, 2.24) is 0 Å². The molecular formula is C9H5O2S. The summed E-state index contributed by atoms with van der Waals surface area (Å²) in [6.07, 6.45) is 0.246. The fourth-order valence-electron chi connectivity index (χ4n) is 1.09. The molecule has 0 aliphatic carbocycles. The van der Waals surface area contributed by atoms with Crippen molar-refractivity contribution < 1.29 is 9.59 Å². The van der Waals surface area contributed by atoms with Gasteiger partial charge in [0.1, 0.15) is 0 Å². The molecule has 1 heterocycles. The van der Waals surface area contributed by atoms with Crippen molar-refractivity contribution >= 4 is 22.7 Å². The molecule has 1 radical (unpaired) electrons. The number of carbonyl (C=O) groups is 2. The first-order valence-corrected chi connectivity index (χ1v) is 4.33. The van der Waals surface area contributed by atoms with E-state index >= 15 is 0 Å². The van der Waals surface area contributed by atoms with E-state index in [4.69, 9.17) is 0 Å². The van der Waals surface area contributed by atoms with Gasteiger partial charge in [-0.1, -0.05) is 12.1 Å². The Morgan fingerprint density at radius 1 is 1.42 bits per heavy atom. The van der Waals surface area contributed by atoms with E-state index in [1.54, 1.807) is 12.1 Å². The van der Waals surface area contributed by atoms with Crippen molar-refractivity contribution in [2.24, 2.45) is 0 Å². The molecule has 2 rings (SSSR count). The summed E-state index contributed by atoms with van der Waals surface area (Å²) in [5.41, 5.74) is 0.934. The van der Waals surface area contributed by atoms with Gasteiger partial charge in [-0.25, -0.2) is 0 Å². The van der Waals surface area contributed by atoms with Crippen molar-refractivity contribution in [3.63, 3.8) is 0 Å². The highest BCUT2D eigenvalue weighted by Gasteiger charge is 2.23. The topological polar surface area (TPSA) is 34.1 Å². The van der Waals surface area contributed by atoms with E-state index in [-0.39, 0.29) is 17.3 Å². The Bertz CT molecular complexity index is 322. The molecule has 0 amide bonds. The number of rotatable bonds is 0. The summed E-state index contributed by atoms with van der Waals surface area (Å²) >= 11 is 1.00. The summed E-state index contributed by atoms with van der Waals surface area (Å²) in [5, 5.41) is -0.359. The van der Waals surface area contributed by atoms with E-state index in [1.807, 2.05) is 6.07 Å². The molecule has 0 saturated heterocycles. The van der Waals surface area contributed by atoms with Gasteiger partial charge in [0, 0.05) is 11.3 Å². The fourth-order valence-corrected chi connectivity index (χ4v) is 1.87. The number of carbonyl (C=O) groups excluding carboxylic acids is 2. The molecule has 1 aromatic carbocycles. The van der Waals surface area contributed by atoms with E-state index in [0.717, 1.165) is 22.2 Å². The van der Waals surface area contributed by atoms with E-state index < -0.39 is 0 Å². The second kappa shape index (κ2) is 2.75. The van der Waals surface area contributed by atoms with Gasteiger partial charge < -0.3 is 0 Å². The maximum absolute atomic E-state index is 11.0. The Balaban J connectivity index is 2.47. The molecule has 12 heavy (non-hydrogen) atoms. The van der Waals surface area contributed by atoms with Crippen LogP contribution in [0.3, 0.4) is 0 Å². The minimum Gasteiger partial charge on any atom is -0.289 e. The van der Waals surface area contributed by atoms with Gasteiger partial charge in [0.15, 0.2) is 0 Å². The quantitative estimate of drug-likeness (QED) is 0.559. The zero-order valence-corrected chi connectivity index (χ0v) is 6.98. The first-order chi connectivity index (χ1) is 5.77. The number of hydrogen-bond donors (Lipinski definition) is 0. The van der Waals surface area contributed by atoms with Gasteiger partial charge >= 0.3 is 0 Å². The summed E-state index contributed by atoms with van der Waals surface area (Å²) in [7, 11) is 0. The van der Waals surface area contributed by atoms with Gasteiger partial charge in [0.25, 0.3) is 5.12 Å². The van der Waals surface area contributed by atoms with Crippen molar-refractivity contribution in [3.05, 3.63) is 29.8 Å². The van der Waals surface area contributed by atoms with Crippen molar-refractivity contribution in [2.75, 3.05) is 0 Å². The Morgan fingerprint density at radius 2 is 2.25 bits per heavy atom. The number of fused-ring (bicyclic) bond motifs is 1. The van der Waals surface area contributed by atoms with Gasteiger partial charge in [-0.15, -0.1) is 0 Å². The Labute approximate surface area is 74.0 Å². The van der Waals surface area contributed by atoms with Crippen LogP contribution < -0.4 is 0 Å². The summed E-state index contributed by atoms with van der Waals surface area (Å²) < 4.78 is 0. The average molecular weight is 177 g/mol. The first kappa shape index (κ1) is 7.55. The highest BCUT2D eigenvalue weighted by atomic mass is 32.2. The molecule has 0 saturated carbocycles. The molecule has 0 atom stereocenters. The number of benzene rings is 1. The molecule has 0 N–H and O–H groups in total. The third kappa shape index (κ3) is 1.16. The molecule has 1 aliphatic heterocycles. The number of hydrogen-bond acceptors (Lipinski definition) is 3. The molecule has 1 aliphatic rings. The van der Waals surface area contributed by atoms with Crippen LogP contribution in [-0.4, -0.2) is 10.9 Å². The highest BCUT2D eigenvalue weighted by Crippen LogP contribution is 2.28. The fraction of sp³-hybridized carbons (Fsp3) is 0.111. The van der Waals surface area contributed by atoms with Crippen LogP contribution in [0.25, 0.3) is 0 Å². The van der Waals surface area contributed by atoms with Crippen LogP contribution in [0.5, 0.6) is 0 Å². The van der Waals surface area contributed by atoms with Crippen molar-refractivity contribution in [1.29, 1.82) is 0 Å². The molecule has 0 bridgehead atoms. The predicted molar refractivity (Wildman–Crippen MR) is 44.9 cm³/mol. The molecular weight excluding hydrogens is 172 g/mol. The van der Waals surface area contributed by atoms with Gasteiger partial charge in [0.05, 0.1) is 0 Å².